The van der Waals surface area contributed by atoms with Crippen molar-refractivity contribution < 1.29 is 54.1 Å². The van der Waals surface area contributed by atoms with Crippen molar-refractivity contribution in [2.75, 3.05) is 27.9 Å². The molecule has 0 radical (unpaired) electrons. The average Bonchev–Trinajstić information content (AvgIpc) is 3.13. The number of amides is 1. The number of methoxy groups -OCH3 is 2. The SMILES string of the molecule is C=C1CC=C(C)CC(C)CCCC(OC)CC(C)C(O)(O)C(=O)C(=O)N2CCCCC2C(=O)O[C@H](/C(C)=C/C2CC[C@@H](O)C(OC)C2)CC(O)C1.CO. The highest BCUT2D eigenvalue weighted by molar-refractivity contribution is 6.39. The number of carbonyl (C=O) groups excluding carboxylic acids is 3. The highest BCUT2D eigenvalue weighted by Crippen LogP contribution is 2.32. The maximum absolute atomic E-state index is 13.9. The number of rotatable bonds is 4. The van der Waals surface area contributed by atoms with Crippen LogP contribution in [0.2, 0.25) is 0 Å². The maximum Gasteiger partial charge on any atom is 0.329 e. The van der Waals surface area contributed by atoms with Gasteiger partial charge in [0, 0.05) is 40.2 Å². The standard InChI is InChI=1S/C40H65NO10.CH4O/c1-25-11-10-12-32(49-6)22-29(5)40(47,48)37(44)38(45)41-18-9-8-13-33(41)39(46)51-35(24-31(42)20-27(3)15-14-26(2)19-25)28(4)21-30-16-17-34(43)36(23-30)50-7;1-2/h14,21,25,29-36,42-43,47-48H,3,8-13,15-20,22-24H2,1-2,4-7H3;2H,1H3/b26-14?,28-21+;/t25?,29?,30?,31?,32?,33?,34-,35+,36?;/m1./s1. The summed E-state index contributed by atoms with van der Waals surface area (Å²) < 4.78 is 17.2. The number of ether oxygens (including phenoxy) is 3. The van der Waals surface area contributed by atoms with Crippen molar-refractivity contribution in [3.63, 3.8) is 0 Å². The smallest absolute Gasteiger partial charge is 0.329 e. The molecule has 12 nitrogen and oxygen atoms in total. The van der Waals surface area contributed by atoms with Crippen LogP contribution in [0.4, 0.5) is 0 Å². The highest BCUT2D eigenvalue weighted by Gasteiger charge is 2.48. The first kappa shape index (κ1) is 46.7. The zero-order valence-corrected chi connectivity index (χ0v) is 33.3. The summed E-state index contributed by atoms with van der Waals surface area (Å²) in [4.78, 5) is 42.1. The second kappa shape index (κ2) is 22.8. The Bertz CT molecular complexity index is 1250. The molecule has 1 saturated carbocycles. The molecular formula is C41H69NO11. The van der Waals surface area contributed by atoms with Crippen LogP contribution in [0.3, 0.4) is 0 Å². The molecular weight excluding hydrogens is 682 g/mol. The summed E-state index contributed by atoms with van der Waals surface area (Å²) in [7, 11) is 4.13. The molecule has 2 aliphatic heterocycles. The van der Waals surface area contributed by atoms with Crippen molar-refractivity contribution in [2.24, 2.45) is 17.8 Å². The number of ketones is 1. The second-order valence-corrected chi connectivity index (χ2v) is 15.6. The normalized spacial score (nSPS) is 33.9. The van der Waals surface area contributed by atoms with Crippen molar-refractivity contribution in [1.82, 2.24) is 4.90 Å². The van der Waals surface area contributed by atoms with Gasteiger partial charge in [-0.2, -0.15) is 0 Å². The van der Waals surface area contributed by atoms with Crippen molar-refractivity contribution in [3.05, 3.63) is 35.5 Å². The van der Waals surface area contributed by atoms with Gasteiger partial charge in [-0.1, -0.05) is 56.6 Å². The van der Waals surface area contributed by atoms with Crippen LogP contribution in [0.25, 0.3) is 0 Å². The van der Waals surface area contributed by atoms with Gasteiger partial charge in [0.1, 0.15) is 12.1 Å². The van der Waals surface area contributed by atoms with Gasteiger partial charge in [0.15, 0.2) is 0 Å². The Balaban J connectivity index is 0.00000477. The molecule has 0 aromatic carbocycles. The molecule has 0 aromatic rings. The van der Waals surface area contributed by atoms with E-state index in [4.69, 9.17) is 19.3 Å². The van der Waals surface area contributed by atoms with Crippen LogP contribution < -0.4 is 0 Å². The number of nitrogens with zero attached hydrogens (tertiary/aromatic N) is 1. The number of allylic oxidation sites excluding steroid dienone is 3. The van der Waals surface area contributed by atoms with Crippen molar-refractivity contribution in [1.29, 1.82) is 0 Å². The lowest BCUT2D eigenvalue weighted by atomic mass is 9.83. The molecule has 12 heteroatoms. The van der Waals surface area contributed by atoms with Gasteiger partial charge in [0.25, 0.3) is 11.7 Å². The molecule has 7 unspecified atom stereocenters. The Morgan fingerprint density at radius 2 is 1.64 bits per heavy atom. The third-order valence-electron chi connectivity index (χ3n) is 11.2. The van der Waals surface area contributed by atoms with Crippen LogP contribution in [0.15, 0.2) is 35.5 Å². The van der Waals surface area contributed by atoms with E-state index in [0.29, 0.717) is 50.9 Å². The number of Topliss-reactive ketones (excluding diaryl/α,β-unsaturated/α-hetero) is 1. The fourth-order valence-corrected chi connectivity index (χ4v) is 7.89. The molecule has 0 spiro atoms. The Kier molecular flexibility index (Phi) is 20.1. The van der Waals surface area contributed by atoms with Crippen molar-refractivity contribution >= 4 is 17.7 Å². The molecule has 304 valence electrons. The first-order chi connectivity index (χ1) is 25.1. The molecule has 53 heavy (non-hydrogen) atoms. The topological polar surface area (TPSA) is 183 Å². The molecule has 0 aromatic heterocycles. The van der Waals surface area contributed by atoms with Crippen molar-refractivity contribution in [3.8, 4) is 0 Å². The predicted octanol–water partition coefficient (Wildman–Crippen LogP) is 4.55. The number of hydrogen-bond donors (Lipinski definition) is 5. The summed E-state index contributed by atoms with van der Waals surface area (Å²) in [5.41, 5.74) is 2.83. The van der Waals surface area contributed by atoms with Crippen molar-refractivity contribution in [2.45, 2.75) is 160 Å². The fourth-order valence-electron chi connectivity index (χ4n) is 7.89. The summed E-state index contributed by atoms with van der Waals surface area (Å²) in [6, 6.07) is -1.10. The Labute approximate surface area is 317 Å². The zero-order chi connectivity index (χ0) is 39.9. The molecule has 2 fully saturated rings. The molecule has 0 bridgehead atoms. The summed E-state index contributed by atoms with van der Waals surface area (Å²) in [5.74, 6) is -6.73. The lowest BCUT2D eigenvalue weighted by molar-refractivity contribution is -0.208. The average molecular weight is 752 g/mol. The van der Waals surface area contributed by atoms with E-state index in [1.165, 1.54) is 12.5 Å². The number of carbonyl (C=O) groups is 3. The van der Waals surface area contributed by atoms with E-state index in [0.717, 1.165) is 48.8 Å². The number of hydrogen-bond acceptors (Lipinski definition) is 11. The van der Waals surface area contributed by atoms with Crippen LogP contribution in [-0.2, 0) is 28.6 Å². The highest BCUT2D eigenvalue weighted by atomic mass is 16.5. The lowest BCUT2D eigenvalue weighted by Gasteiger charge is -2.37. The van der Waals surface area contributed by atoms with Gasteiger partial charge >= 0.3 is 5.97 Å². The van der Waals surface area contributed by atoms with Crippen LogP contribution in [0, 0.1) is 17.8 Å². The van der Waals surface area contributed by atoms with Gasteiger partial charge in [-0.15, -0.1) is 0 Å². The molecule has 5 N–H and O–H groups in total. The molecule has 2 heterocycles. The fraction of sp³-hybridized carbons (Fsp3) is 0.780. The van der Waals surface area contributed by atoms with Gasteiger partial charge in [-0.25, -0.2) is 4.79 Å². The zero-order valence-electron chi connectivity index (χ0n) is 33.3. The van der Waals surface area contributed by atoms with Gasteiger partial charge in [0.2, 0.25) is 5.79 Å². The third kappa shape index (κ3) is 14.3. The van der Waals surface area contributed by atoms with E-state index in [-0.39, 0.29) is 43.9 Å². The first-order valence-electron chi connectivity index (χ1n) is 19.4. The van der Waals surface area contributed by atoms with Crippen LogP contribution in [0.5, 0.6) is 0 Å². The van der Waals surface area contributed by atoms with Gasteiger partial charge < -0.3 is 44.6 Å². The Morgan fingerprint density at radius 3 is 2.30 bits per heavy atom. The van der Waals surface area contributed by atoms with E-state index in [9.17, 15) is 34.8 Å². The molecule has 3 aliphatic rings. The lowest BCUT2D eigenvalue weighted by Crippen LogP contribution is -2.58. The Hall–Kier alpha value is -2.45. The number of fused-ring (bicyclic) bond motifs is 1. The van der Waals surface area contributed by atoms with E-state index >= 15 is 0 Å². The molecule has 3 rings (SSSR count). The van der Waals surface area contributed by atoms with Gasteiger partial charge in [-0.05, 0) is 102 Å². The summed E-state index contributed by atoms with van der Waals surface area (Å²) >= 11 is 0. The summed E-state index contributed by atoms with van der Waals surface area (Å²) in [6.07, 6.45) is 9.11. The maximum atomic E-state index is 13.9. The van der Waals surface area contributed by atoms with E-state index in [2.05, 4.69) is 26.5 Å². The van der Waals surface area contributed by atoms with Gasteiger partial charge in [0.05, 0.1) is 24.4 Å². The molecule has 9 atom stereocenters. The van der Waals surface area contributed by atoms with E-state index < -0.39 is 53.7 Å². The number of cyclic esters (lactones) is 1. The monoisotopic (exact) mass is 751 g/mol. The van der Waals surface area contributed by atoms with E-state index in [1.807, 2.05) is 13.0 Å². The summed E-state index contributed by atoms with van der Waals surface area (Å²) in [5, 5.41) is 50.7. The second-order valence-electron chi connectivity index (χ2n) is 15.6. The molecule has 1 aliphatic carbocycles. The number of aliphatic hydroxyl groups excluding tert-OH is 3. The largest absolute Gasteiger partial charge is 0.456 e. The minimum atomic E-state index is -2.95. The quantitative estimate of drug-likeness (QED) is 0.118. The number of piperidine rings is 1. The van der Waals surface area contributed by atoms with Crippen LogP contribution >= 0.6 is 0 Å². The van der Waals surface area contributed by atoms with E-state index in [1.54, 1.807) is 14.2 Å². The summed E-state index contributed by atoms with van der Waals surface area (Å²) in [6.45, 7) is 11.9. The minimum absolute atomic E-state index is 0.0607. The Morgan fingerprint density at radius 1 is 0.943 bits per heavy atom. The minimum Gasteiger partial charge on any atom is -0.456 e. The number of aliphatic hydroxyl groups is 5. The first-order valence-corrected chi connectivity index (χ1v) is 19.4. The molecule has 1 saturated heterocycles. The third-order valence-corrected chi connectivity index (χ3v) is 11.2. The van der Waals surface area contributed by atoms with Crippen LogP contribution in [0.1, 0.15) is 118 Å². The van der Waals surface area contributed by atoms with Crippen LogP contribution in [-0.4, -0.2) is 118 Å². The molecule has 1 amide bonds. The number of esters is 1. The predicted molar refractivity (Wildman–Crippen MR) is 202 cm³/mol. The van der Waals surface area contributed by atoms with Gasteiger partial charge in [-0.3, -0.25) is 9.59 Å².